The maximum absolute atomic E-state index is 10.1. The fourth-order valence-corrected chi connectivity index (χ4v) is 2.24. The first-order valence-electron chi connectivity index (χ1n) is 5.68. The van der Waals surface area contributed by atoms with Crippen LogP contribution in [0.1, 0.15) is 17.4 Å². The number of aryl methyl sites for hydroxylation is 1. The Morgan fingerprint density at radius 3 is 2.59 bits per heavy atom. The van der Waals surface area contributed by atoms with Gasteiger partial charge in [-0.2, -0.15) is 0 Å². The van der Waals surface area contributed by atoms with Crippen LogP contribution in [0.2, 0.25) is 0 Å². The summed E-state index contributed by atoms with van der Waals surface area (Å²) >= 11 is 0. The third-order valence-corrected chi connectivity index (χ3v) is 3.35. The number of para-hydroxylation sites is 1. The van der Waals surface area contributed by atoms with E-state index in [1.165, 1.54) is 0 Å². The van der Waals surface area contributed by atoms with Gasteiger partial charge in [0.15, 0.2) is 0 Å². The summed E-state index contributed by atoms with van der Waals surface area (Å²) in [7, 11) is 1.95. The molecule has 0 saturated heterocycles. The van der Waals surface area contributed by atoms with Crippen LogP contribution in [0.3, 0.4) is 0 Å². The van der Waals surface area contributed by atoms with E-state index in [1.54, 1.807) is 0 Å². The van der Waals surface area contributed by atoms with Gasteiger partial charge in [-0.25, -0.2) is 0 Å². The largest absolute Gasteiger partial charge is 0.389 e. The molecule has 0 radical (unpaired) electrons. The van der Waals surface area contributed by atoms with Crippen LogP contribution in [0.25, 0.3) is 10.9 Å². The van der Waals surface area contributed by atoms with E-state index in [0.717, 1.165) is 22.2 Å². The number of nitrogens with zero attached hydrogens (tertiary/aromatic N) is 1. The van der Waals surface area contributed by atoms with E-state index in [-0.39, 0.29) is 6.54 Å². The molecule has 0 aliphatic heterocycles. The summed E-state index contributed by atoms with van der Waals surface area (Å²) in [6.07, 6.45) is -1.87. The molecule has 4 N–H and O–H groups in total. The zero-order valence-corrected chi connectivity index (χ0v) is 10.1. The lowest BCUT2D eigenvalue weighted by molar-refractivity contribution is 0.0247. The number of benzene rings is 1. The standard InChI is InChI=1S/C13H18N2O2/c1-8-12(13(17)11(16)7-14)9-5-3-4-6-10(9)15(8)2/h3-6,11,13,16-17H,7,14H2,1-2H3. The van der Waals surface area contributed by atoms with Crippen molar-refractivity contribution in [3.05, 3.63) is 35.5 Å². The average molecular weight is 234 g/mol. The quantitative estimate of drug-likeness (QED) is 0.737. The maximum atomic E-state index is 10.1. The van der Waals surface area contributed by atoms with Crippen LogP contribution in [-0.2, 0) is 7.05 Å². The number of aromatic nitrogens is 1. The van der Waals surface area contributed by atoms with E-state index >= 15 is 0 Å². The molecule has 0 amide bonds. The molecule has 0 aliphatic carbocycles. The van der Waals surface area contributed by atoms with Crippen LogP contribution >= 0.6 is 0 Å². The summed E-state index contributed by atoms with van der Waals surface area (Å²) in [5.41, 5.74) is 8.15. The maximum Gasteiger partial charge on any atom is 0.108 e. The Bertz CT molecular complexity index is 533. The first kappa shape index (κ1) is 12.1. The molecule has 0 spiro atoms. The third kappa shape index (κ3) is 1.84. The first-order chi connectivity index (χ1) is 8.07. The third-order valence-electron chi connectivity index (χ3n) is 3.35. The van der Waals surface area contributed by atoms with Crippen molar-refractivity contribution in [2.75, 3.05) is 6.54 Å². The monoisotopic (exact) mass is 234 g/mol. The van der Waals surface area contributed by atoms with Gasteiger partial charge in [0.25, 0.3) is 0 Å². The molecule has 2 atom stereocenters. The molecule has 2 rings (SSSR count). The highest BCUT2D eigenvalue weighted by molar-refractivity contribution is 5.85. The minimum absolute atomic E-state index is 0.0455. The Morgan fingerprint density at radius 1 is 1.29 bits per heavy atom. The van der Waals surface area contributed by atoms with Crippen molar-refractivity contribution in [1.82, 2.24) is 4.57 Å². The SMILES string of the molecule is Cc1c(C(O)C(O)CN)c2ccccc2n1C. The van der Waals surface area contributed by atoms with Gasteiger partial charge in [0.2, 0.25) is 0 Å². The van der Waals surface area contributed by atoms with Gasteiger partial charge in [0, 0.05) is 35.8 Å². The van der Waals surface area contributed by atoms with Gasteiger partial charge in [0.1, 0.15) is 6.10 Å². The second kappa shape index (κ2) is 4.49. The molecule has 2 unspecified atom stereocenters. The van der Waals surface area contributed by atoms with Gasteiger partial charge < -0.3 is 20.5 Å². The number of hydrogen-bond acceptors (Lipinski definition) is 3. The van der Waals surface area contributed by atoms with E-state index in [2.05, 4.69) is 0 Å². The summed E-state index contributed by atoms with van der Waals surface area (Å²) in [6.45, 7) is 1.98. The predicted octanol–water partition coefficient (Wildman–Crippen LogP) is 0.840. The molecular formula is C13H18N2O2. The fourth-order valence-electron chi connectivity index (χ4n) is 2.24. The fraction of sp³-hybridized carbons (Fsp3) is 0.385. The Morgan fingerprint density at radius 2 is 1.94 bits per heavy atom. The molecule has 1 aromatic carbocycles. The number of rotatable bonds is 3. The summed E-state index contributed by atoms with van der Waals surface area (Å²) in [5.74, 6) is 0. The second-order valence-corrected chi connectivity index (χ2v) is 4.32. The molecule has 92 valence electrons. The van der Waals surface area contributed by atoms with Crippen LogP contribution in [0.5, 0.6) is 0 Å². The van der Waals surface area contributed by atoms with Crippen molar-refractivity contribution in [3.8, 4) is 0 Å². The van der Waals surface area contributed by atoms with Crippen molar-refractivity contribution in [1.29, 1.82) is 0 Å². The number of aliphatic hydroxyl groups is 2. The minimum Gasteiger partial charge on any atom is -0.389 e. The van der Waals surface area contributed by atoms with Crippen LogP contribution in [-0.4, -0.2) is 27.4 Å². The van der Waals surface area contributed by atoms with Crippen molar-refractivity contribution in [2.24, 2.45) is 12.8 Å². The Balaban J connectivity index is 2.64. The van der Waals surface area contributed by atoms with Gasteiger partial charge in [-0.3, -0.25) is 0 Å². The summed E-state index contributed by atoms with van der Waals surface area (Å²) in [5, 5.41) is 20.8. The van der Waals surface area contributed by atoms with Gasteiger partial charge in [-0.05, 0) is 13.0 Å². The van der Waals surface area contributed by atoms with E-state index in [1.807, 2.05) is 42.8 Å². The molecular weight excluding hydrogens is 216 g/mol. The molecule has 4 nitrogen and oxygen atoms in total. The number of fused-ring (bicyclic) bond motifs is 1. The van der Waals surface area contributed by atoms with E-state index in [4.69, 9.17) is 5.73 Å². The Labute approximate surface area is 100 Å². The summed E-state index contributed by atoms with van der Waals surface area (Å²) in [6, 6.07) is 7.82. The zero-order valence-electron chi connectivity index (χ0n) is 10.1. The molecule has 2 aromatic rings. The topological polar surface area (TPSA) is 71.4 Å². The zero-order chi connectivity index (χ0) is 12.6. The van der Waals surface area contributed by atoms with E-state index in [9.17, 15) is 10.2 Å². The van der Waals surface area contributed by atoms with Crippen LogP contribution in [0.4, 0.5) is 0 Å². The number of aliphatic hydroxyl groups excluding tert-OH is 2. The Hall–Kier alpha value is -1.36. The molecule has 1 aromatic heterocycles. The van der Waals surface area contributed by atoms with Crippen molar-refractivity contribution in [2.45, 2.75) is 19.1 Å². The summed E-state index contributed by atoms with van der Waals surface area (Å²) < 4.78 is 2.01. The number of nitrogens with two attached hydrogens (primary N) is 1. The average Bonchev–Trinajstić information content (AvgIpc) is 2.61. The van der Waals surface area contributed by atoms with Crippen molar-refractivity contribution in [3.63, 3.8) is 0 Å². The van der Waals surface area contributed by atoms with Crippen LogP contribution in [0.15, 0.2) is 24.3 Å². The molecule has 17 heavy (non-hydrogen) atoms. The van der Waals surface area contributed by atoms with E-state index in [0.29, 0.717) is 0 Å². The second-order valence-electron chi connectivity index (χ2n) is 4.32. The normalized spacial score (nSPS) is 15.1. The smallest absolute Gasteiger partial charge is 0.108 e. The molecule has 0 aliphatic rings. The van der Waals surface area contributed by atoms with Gasteiger partial charge in [-0.1, -0.05) is 18.2 Å². The van der Waals surface area contributed by atoms with Gasteiger partial charge >= 0.3 is 0 Å². The lowest BCUT2D eigenvalue weighted by Gasteiger charge is -2.16. The molecule has 0 bridgehead atoms. The predicted molar refractivity (Wildman–Crippen MR) is 67.7 cm³/mol. The lowest BCUT2D eigenvalue weighted by atomic mass is 10.0. The van der Waals surface area contributed by atoms with E-state index < -0.39 is 12.2 Å². The molecule has 4 heteroatoms. The molecule has 0 fully saturated rings. The van der Waals surface area contributed by atoms with Crippen LogP contribution < -0.4 is 5.73 Å². The highest BCUT2D eigenvalue weighted by Gasteiger charge is 2.23. The van der Waals surface area contributed by atoms with Crippen LogP contribution in [0, 0.1) is 6.92 Å². The van der Waals surface area contributed by atoms with Crippen molar-refractivity contribution < 1.29 is 10.2 Å². The molecule has 0 saturated carbocycles. The van der Waals surface area contributed by atoms with Gasteiger partial charge in [-0.15, -0.1) is 0 Å². The lowest BCUT2D eigenvalue weighted by Crippen LogP contribution is -2.27. The summed E-state index contributed by atoms with van der Waals surface area (Å²) in [4.78, 5) is 0. The highest BCUT2D eigenvalue weighted by atomic mass is 16.3. The first-order valence-corrected chi connectivity index (χ1v) is 5.68. The molecule has 1 heterocycles. The Kier molecular flexibility index (Phi) is 3.19. The number of hydrogen-bond donors (Lipinski definition) is 3. The van der Waals surface area contributed by atoms with Gasteiger partial charge in [0.05, 0.1) is 6.10 Å². The highest BCUT2D eigenvalue weighted by Crippen LogP contribution is 2.31. The van der Waals surface area contributed by atoms with Crippen molar-refractivity contribution >= 4 is 10.9 Å². The minimum atomic E-state index is -0.939.